The van der Waals surface area contributed by atoms with Crippen molar-refractivity contribution in [2.45, 2.75) is 30.6 Å². The van der Waals surface area contributed by atoms with Crippen molar-refractivity contribution < 1.29 is 27.1 Å². The molecule has 1 N–H and O–H groups in total. The molecule has 0 saturated heterocycles. The van der Waals surface area contributed by atoms with Gasteiger partial charge >= 0.3 is 0 Å². The first-order chi connectivity index (χ1) is 16.3. The molecule has 0 aromatic heterocycles. The standard InChI is InChI=1S/C25H23ClFNO5S/c26-22-14-21(23(27)15-24(22)32-16-17-6-4-5-7-17)25(29)28-34(30,31)20-12-10-19(11-13-20)33-18-8-2-1-3-9-18/h1-3,8-15,17H,4-7,16H2,(H,28,29). The van der Waals surface area contributed by atoms with Crippen molar-refractivity contribution in [3.8, 4) is 17.2 Å². The van der Waals surface area contributed by atoms with Crippen LogP contribution in [0.2, 0.25) is 5.02 Å². The quantitative estimate of drug-likeness (QED) is 0.410. The number of hydrogen-bond donors (Lipinski definition) is 1. The summed E-state index contributed by atoms with van der Waals surface area (Å²) in [5, 5.41) is 0.0318. The highest BCUT2D eigenvalue weighted by atomic mass is 35.5. The lowest BCUT2D eigenvalue weighted by atomic mass is 10.1. The van der Waals surface area contributed by atoms with Crippen molar-refractivity contribution in [2.24, 2.45) is 5.92 Å². The van der Waals surface area contributed by atoms with E-state index >= 15 is 0 Å². The molecule has 1 aliphatic carbocycles. The Morgan fingerprint density at radius 3 is 2.32 bits per heavy atom. The second-order valence-corrected chi connectivity index (χ2v) is 10.1. The van der Waals surface area contributed by atoms with Crippen LogP contribution in [-0.4, -0.2) is 20.9 Å². The average Bonchev–Trinajstić information content (AvgIpc) is 3.34. The highest BCUT2D eigenvalue weighted by molar-refractivity contribution is 7.90. The second-order valence-electron chi connectivity index (χ2n) is 8.05. The summed E-state index contributed by atoms with van der Waals surface area (Å²) in [5.74, 6) is -0.523. The summed E-state index contributed by atoms with van der Waals surface area (Å²) < 4.78 is 53.0. The van der Waals surface area contributed by atoms with Crippen molar-refractivity contribution in [1.29, 1.82) is 0 Å². The minimum Gasteiger partial charge on any atom is -0.492 e. The number of carbonyl (C=O) groups excluding carboxylic acids is 1. The normalized spacial score (nSPS) is 14.1. The van der Waals surface area contributed by atoms with Gasteiger partial charge in [0.2, 0.25) is 0 Å². The van der Waals surface area contributed by atoms with Crippen LogP contribution in [0.5, 0.6) is 17.2 Å². The summed E-state index contributed by atoms with van der Waals surface area (Å²) in [6.07, 6.45) is 4.40. The molecule has 1 amide bonds. The van der Waals surface area contributed by atoms with Gasteiger partial charge in [-0.3, -0.25) is 4.79 Å². The van der Waals surface area contributed by atoms with E-state index in [-0.39, 0.29) is 15.7 Å². The Morgan fingerprint density at radius 1 is 1.00 bits per heavy atom. The van der Waals surface area contributed by atoms with Gasteiger partial charge in [-0.25, -0.2) is 17.5 Å². The molecule has 3 aromatic rings. The van der Waals surface area contributed by atoms with Gasteiger partial charge in [0.1, 0.15) is 23.1 Å². The maximum atomic E-state index is 14.6. The lowest BCUT2D eigenvalue weighted by molar-refractivity contribution is 0.0977. The number of para-hydroxylation sites is 1. The van der Waals surface area contributed by atoms with Gasteiger partial charge in [-0.2, -0.15) is 0 Å². The van der Waals surface area contributed by atoms with Gasteiger partial charge in [-0.15, -0.1) is 0 Å². The van der Waals surface area contributed by atoms with E-state index in [9.17, 15) is 17.6 Å². The number of carbonyl (C=O) groups is 1. The molecule has 0 heterocycles. The fraction of sp³-hybridized carbons (Fsp3) is 0.240. The predicted octanol–water partition coefficient (Wildman–Crippen LogP) is 5.96. The highest BCUT2D eigenvalue weighted by Crippen LogP contribution is 2.31. The molecule has 34 heavy (non-hydrogen) atoms. The van der Waals surface area contributed by atoms with Gasteiger partial charge in [0.15, 0.2) is 0 Å². The number of nitrogens with one attached hydrogen (secondary N) is 1. The Kier molecular flexibility index (Phi) is 7.38. The summed E-state index contributed by atoms with van der Waals surface area (Å²) >= 11 is 6.17. The fourth-order valence-corrected chi connectivity index (χ4v) is 4.93. The fourth-order valence-electron chi connectivity index (χ4n) is 3.75. The third-order valence-corrected chi connectivity index (χ3v) is 7.20. The van der Waals surface area contributed by atoms with Gasteiger partial charge in [0.05, 0.1) is 22.1 Å². The maximum absolute atomic E-state index is 14.6. The predicted molar refractivity (Wildman–Crippen MR) is 126 cm³/mol. The third kappa shape index (κ3) is 5.87. The van der Waals surface area contributed by atoms with Crippen molar-refractivity contribution >= 4 is 27.5 Å². The Labute approximate surface area is 202 Å². The van der Waals surface area contributed by atoms with Crippen LogP contribution in [0.3, 0.4) is 0 Å². The molecule has 1 saturated carbocycles. The molecule has 0 unspecified atom stereocenters. The summed E-state index contributed by atoms with van der Waals surface area (Å²) in [7, 11) is -4.25. The Hall–Kier alpha value is -3.10. The zero-order valence-corrected chi connectivity index (χ0v) is 19.7. The number of hydrogen-bond acceptors (Lipinski definition) is 5. The molecule has 0 radical (unpaired) electrons. The molecular formula is C25H23ClFNO5S. The highest BCUT2D eigenvalue weighted by Gasteiger charge is 2.23. The van der Waals surface area contributed by atoms with Gasteiger partial charge in [0.25, 0.3) is 15.9 Å². The van der Waals surface area contributed by atoms with E-state index in [4.69, 9.17) is 21.1 Å². The molecule has 1 fully saturated rings. The van der Waals surface area contributed by atoms with Crippen LogP contribution < -0.4 is 14.2 Å². The number of benzene rings is 3. The topological polar surface area (TPSA) is 81.7 Å². The average molecular weight is 504 g/mol. The van der Waals surface area contributed by atoms with Gasteiger partial charge in [0, 0.05) is 6.07 Å². The molecule has 4 rings (SSSR count). The summed E-state index contributed by atoms with van der Waals surface area (Å²) in [4.78, 5) is 12.4. The molecular weight excluding hydrogens is 481 g/mol. The molecule has 9 heteroatoms. The third-order valence-electron chi connectivity index (χ3n) is 5.56. The van der Waals surface area contributed by atoms with Crippen LogP contribution in [-0.2, 0) is 10.0 Å². The van der Waals surface area contributed by atoms with Crippen LogP contribution in [0.15, 0.2) is 71.6 Å². The Morgan fingerprint density at radius 2 is 1.65 bits per heavy atom. The number of amides is 1. The maximum Gasteiger partial charge on any atom is 0.268 e. The van der Waals surface area contributed by atoms with Crippen molar-refractivity contribution in [3.05, 3.63) is 83.1 Å². The molecule has 0 atom stereocenters. The lowest BCUT2D eigenvalue weighted by Crippen LogP contribution is -2.31. The van der Waals surface area contributed by atoms with E-state index in [2.05, 4.69) is 0 Å². The Balaban J connectivity index is 1.43. The first-order valence-corrected chi connectivity index (χ1v) is 12.7. The smallest absolute Gasteiger partial charge is 0.268 e. The molecule has 178 valence electrons. The summed E-state index contributed by atoms with van der Waals surface area (Å²) in [5.41, 5.74) is -0.495. The van der Waals surface area contributed by atoms with Gasteiger partial charge < -0.3 is 9.47 Å². The number of sulfonamides is 1. The minimum absolute atomic E-state index is 0.0318. The number of halogens is 2. The largest absolute Gasteiger partial charge is 0.492 e. The summed E-state index contributed by atoms with van der Waals surface area (Å²) in [6.45, 7) is 0.420. The van der Waals surface area contributed by atoms with Crippen LogP contribution in [0.1, 0.15) is 36.0 Å². The van der Waals surface area contributed by atoms with Crippen molar-refractivity contribution in [1.82, 2.24) is 4.72 Å². The minimum atomic E-state index is -4.25. The van der Waals surface area contributed by atoms with Gasteiger partial charge in [-0.05, 0) is 61.2 Å². The van der Waals surface area contributed by atoms with Crippen LogP contribution in [0.25, 0.3) is 0 Å². The molecule has 1 aliphatic rings. The zero-order chi connectivity index (χ0) is 24.1. The van der Waals surface area contributed by atoms with Crippen LogP contribution in [0.4, 0.5) is 4.39 Å². The number of rotatable bonds is 8. The molecule has 6 nitrogen and oxygen atoms in total. The van der Waals surface area contributed by atoms with Crippen LogP contribution >= 0.6 is 11.6 Å². The van der Waals surface area contributed by atoms with E-state index in [1.807, 2.05) is 22.9 Å². The molecule has 0 bridgehead atoms. The monoisotopic (exact) mass is 503 g/mol. The SMILES string of the molecule is O=C(NS(=O)(=O)c1ccc(Oc2ccccc2)cc1)c1cc(Cl)c(OCC2CCCC2)cc1F. The molecule has 0 aliphatic heterocycles. The van der Waals surface area contributed by atoms with E-state index in [1.165, 1.54) is 24.3 Å². The Bertz CT molecular complexity index is 1260. The second kappa shape index (κ2) is 10.4. The summed E-state index contributed by atoms with van der Waals surface area (Å²) in [6, 6.07) is 16.6. The van der Waals surface area contributed by atoms with Crippen molar-refractivity contribution in [3.63, 3.8) is 0 Å². The van der Waals surface area contributed by atoms with Crippen molar-refractivity contribution in [2.75, 3.05) is 6.61 Å². The van der Waals surface area contributed by atoms with Gasteiger partial charge in [-0.1, -0.05) is 42.6 Å². The van der Waals surface area contributed by atoms with E-state index in [1.54, 1.807) is 12.1 Å². The first-order valence-electron chi connectivity index (χ1n) is 10.8. The van der Waals surface area contributed by atoms with Crippen LogP contribution in [0, 0.1) is 11.7 Å². The molecule has 0 spiro atoms. The lowest BCUT2D eigenvalue weighted by Gasteiger charge is -2.14. The van der Waals surface area contributed by atoms with E-state index in [0.29, 0.717) is 24.0 Å². The number of ether oxygens (including phenoxy) is 2. The van der Waals surface area contributed by atoms with E-state index in [0.717, 1.165) is 37.8 Å². The molecule has 3 aromatic carbocycles. The van der Waals surface area contributed by atoms with E-state index < -0.39 is 27.3 Å². The zero-order valence-electron chi connectivity index (χ0n) is 18.2. The first kappa shape index (κ1) is 24.0.